The predicted molar refractivity (Wildman–Crippen MR) is 92.1 cm³/mol. The van der Waals surface area contributed by atoms with Gasteiger partial charge in [-0.3, -0.25) is 14.4 Å². The number of phenols is 2. The van der Waals surface area contributed by atoms with Crippen LogP contribution in [0.15, 0.2) is 24.3 Å². The highest BCUT2D eigenvalue weighted by Crippen LogP contribution is 2.55. The SMILES string of the molecule is CC(=O)[C@]1(O)C[C@@H](O)c2c(O)c3c(c(O)c2C1F)C(=O)c1ccccc1C3=O. The molecule has 8 heteroatoms. The maximum absolute atomic E-state index is 15.1. The molecule has 0 amide bonds. The molecule has 144 valence electrons. The lowest BCUT2D eigenvalue weighted by Crippen LogP contribution is -2.46. The van der Waals surface area contributed by atoms with Crippen molar-refractivity contribution >= 4 is 17.3 Å². The Morgan fingerprint density at radius 3 is 1.96 bits per heavy atom. The van der Waals surface area contributed by atoms with Crippen LogP contribution in [-0.2, 0) is 4.79 Å². The van der Waals surface area contributed by atoms with Crippen molar-refractivity contribution in [3.05, 3.63) is 57.6 Å². The number of benzene rings is 2. The number of carbonyl (C=O) groups is 3. The number of rotatable bonds is 1. The highest BCUT2D eigenvalue weighted by molar-refractivity contribution is 6.30. The molecule has 0 radical (unpaired) electrons. The smallest absolute Gasteiger partial charge is 0.198 e. The molecule has 0 heterocycles. The molecule has 0 saturated heterocycles. The molecule has 0 bridgehead atoms. The number of hydrogen-bond donors (Lipinski definition) is 4. The van der Waals surface area contributed by atoms with Crippen LogP contribution in [0.4, 0.5) is 4.39 Å². The Bertz CT molecular complexity index is 1090. The molecule has 28 heavy (non-hydrogen) atoms. The molecule has 1 unspecified atom stereocenters. The number of ketones is 3. The molecule has 3 atom stereocenters. The van der Waals surface area contributed by atoms with Crippen molar-refractivity contribution in [1.82, 2.24) is 0 Å². The van der Waals surface area contributed by atoms with Crippen LogP contribution in [-0.4, -0.2) is 43.4 Å². The third-order valence-electron chi connectivity index (χ3n) is 5.51. The summed E-state index contributed by atoms with van der Waals surface area (Å²) in [4.78, 5) is 37.5. The summed E-state index contributed by atoms with van der Waals surface area (Å²) in [7, 11) is 0. The van der Waals surface area contributed by atoms with E-state index < -0.39 is 75.4 Å². The number of aliphatic hydroxyl groups excluding tert-OH is 1. The number of aliphatic hydroxyl groups is 2. The van der Waals surface area contributed by atoms with Gasteiger partial charge in [-0.25, -0.2) is 4.39 Å². The molecule has 0 saturated carbocycles. The zero-order valence-corrected chi connectivity index (χ0v) is 14.6. The van der Waals surface area contributed by atoms with Crippen LogP contribution in [0.5, 0.6) is 11.5 Å². The lowest BCUT2D eigenvalue weighted by Gasteiger charge is -2.39. The minimum atomic E-state index is -2.65. The van der Waals surface area contributed by atoms with Crippen LogP contribution in [0.25, 0.3) is 0 Å². The quantitative estimate of drug-likeness (QED) is 0.468. The Balaban J connectivity index is 2.08. The van der Waals surface area contributed by atoms with Crippen molar-refractivity contribution in [1.29, 1.82) is 0 Å². The minimum absolute atomic E-state index is 0.00279. The van der Waals surface area contributed by atoms with Gasteiger partial charge in [-0.2, -0.15) is 0 Å². The summed E-state index contributed by atoms with van der Waals surface area (Å²) in [5.74, 6) is -4.41. The normalized spacial score (nSPS) is 25.7. The second-order valence-corrected chi connectivity index (χ2v) is 7.04. The van der Waals surface area contributed by atoms with E-state index in [0.29, 0.717) is 0 Å². The van der Waals surface area contributed by atoms with Gasteiger partial charge in [-0.15, -0.1) is 0 Å². The van der Waals surface area contributed by atoms with Crippen molar-refractivity contribution in [2.45, 2.75) is 31.2 Å². The first-order valence-electron chi connectivity index (χ1n) is 8.46. The average Bonchev–Trinajstić information content (AvgIpc) is 2.65. The standard InChI is InChI=1S/C20H15FO7/c1-7(22)20(28)6-10(23)11-14(19(20)21)18(27)13-12(17(11)26)15(24)8-4-2-3-5-9(8)16(13)25/h2-5,10,19,23,26-28H,6H2,1H3/t10-,19?,20-/m1/s1. The summed E-state index contributed by atoms with van der Waals surface area (Å²) >= 11 is 0. The van der Waals surface area contributed by atoms with E-state index in [0.717, 1.165) is 6.92 Å². The van der Waals surface area contributed by atoms with Crippen LogP contribution in [0.2, 0.25) is 0 Å². The van der Waals surface area contributed by atoms with Crippen LogP contribution >= 0.6 is 0 Å². The number of phenolic OH excluding ortho intramolecular Hbond substituents is 2. The fraction of sp³-hybridized carbons (Fsp3) is 0.250. The number of carbonyl (C=O) groups excluding carboxylic acids is 3. The topological polar surface area (TPSA) is 132 Å². The lowest BCUT2D eigenvalue weighted by atomic mass is 9.71. The first kappa shape index (κ1) is 18.3. The van der Waals surface area contributed by atoms with Gasteiger partial charge in [0.05, 0.1) is 17.2 Å². The second-order valence-electron chi connectivity index (χ2n) is 7.04. The van der Waals surface area contributed by atoms with Gasteiger partial charge in [0, 0.05) is 28.7 Å². The van der Waals surface area contributed by atoms with Gasteiger partial charge in [0.25, 0.3) is 0 Å². The highest BCUT2D eigenvalue weighted by atomic mass is 19.1. The van der Waals surface area contributed by atoms with E-state index in [9.17, 15) is 34.8 Å². The summed E-state index contributed by atoms with van der Waals surface area (Å²) in [5, 5.41) is 42.1. The van der Waals surface area contributed by atoms with Crippen LogP contribution in [0, 0.1) is 0 Å². The zero-order chi connectivity index (χ0) is 20.5. The van der Waals surface area contributed by atoms with Crippen molar-refractivity contribution in [2.75, 3.05) is 0 Å². The fourth-order valence-corrected chi connectivity index (χ4v) is 4.01. The van der Waals surface area contributed by atoms with Gasteiger partial charge in [-0.05, 0) is 6.92 Å². The van der Waals surface area contributed by atoms with Crippen molar-refractivity contribution in [2.24, 2.45) is 0 Å². The van der Waals surface area contributed by atoms with E-state index in [1.165, 1.54) is 24.3 Å². The fourth-order valence-electron chi connectivity index (χ4n) is 4.01. The lowest BCUT2D eigenvalue weighted by molar-refractivity contribution is -0.150. The number of fused-ring (bicyclic) bond motifs is 3. The number of aromatic hydroxyl groups is 2. The first-order chi connectivity index (χ1) is 13.1. The van der Waals surface area contributed by atoms with Crippen LogP contribution in [0.3, 0.4) is 0 Å². The van der Waals surface area contributed by atoms with E-state index in [4.69, 9.17) is 0 Å². The Kier molecular flexibility index (Phi) is 3.72. The molecule has 2 aromatic carbocycles. The summed E-state index contributed by atoms with van der Waals surface area (Å²) in [6, 6.07) is 5.74. The van der Waals surface area contributed by atoms with Gasteiger partial charge in [0.2, 0.25) is 0 Å². The van der Waals surface area contributed by atoms with Gasteiger partial charge in [0.1, 0.15) is 11.5 Å². The monoisotopic (exact) mass is 386 g/mol. The third-order valence-corrected chi connectivity index (χ3v) is 5.51. The molecule has 7 nitrogen and oxygen atoms in total. The second kappa shape index (κ2) is 5.70. The van der Waals surface area contributed by atoms with Crippen molar-refractivity contribution in [3.8, 4) is 11.5 Å². The molecular formula is C20H15FO7. The number of alkyl halides is 1. The van der Waals surface area contributed by atoms with E-state index in [2.05, 4.69) is 0 Å². The molecule has 0 aromatic heterocycles. The Hall–Kier alpha value is -3.10. The highest BCUT2D eigenvalue weighted by Gasteiger charge is 2.53. The van der Waals surface area contributed by atoms with Gasteiger partial charge < -0.3 is 20.4 Å². The zero-order valence-electron chi connectivity index (χ0n) is 14.6. The molecule has 4 rings (SSSR count). The van der Waals surface area contributed by atoms with Crippen LogP contribution < -0.4 is 0 Å². The van der Waals surface area contributed by atoms with E-state index in [1.54, 1.807) is 0 Å². The number of halogens is 1. The summed E-state index contributed by atoms with van der Waals surface area (Å²) < 4.78 is 15.1. The third kappa shape index (κ3) is 2.07. The van der Waals surface area contributed by atoms with Crippen LogP contribution in [0.1, 0.15) is 68.6 Å². The van der Waals surface area contributed by atoms with E-state index in [-0.39, 0.29) is 11.1 Å². The van der Waals surface area contributed by atoms with Gasteiger partial charge in [0.15, 0.2) is 29.1 Å². The van der Waals surface area contributed by atoms with Crippen molar-refractivity contribution in [3.63, 3.8) is 0 Å². The number of Topliss-reactive ketones (excluding diaryl/α,β-unsaturated/α-hetero) is 1. The molecule has 0 spiro atoms. The molecule has 0 aliphatic heterocycles. The maximum atomic E-state index is 15.1. The number of hydrogen-bond acceptors (Lipinski definition) is 7. The summed E-state index contributed by atoms with van der Waals surface area (Å²) in [6.07, 6.45) is -5.03. The molecule has 4 N–H and O–H groups in total. The Morgan fingerprint density at radius 1 is 1.04 bits per heavy atom. The average molecular weight is 386 g/mol. The molecule has 2 aromatic rings. The van der Waals surface area contributed by atoms with E-state index >= 15 is 4.39 Å². The van der Waals surface area contributed by atoms with Gasteiger partial charge in [-0.1, -0.05) is 24.3 Å². The molecule has 2 aliphatic carbocycles. The molecular weight excluding hydrogens is 371 g/mol. The Labute approximate surface area is 157 Å². The van der Waals surface area contributed by atoms with Gasteiger partial charge >= 0.3 is 0 Å². The Morgan fingerprint density at radius 2 is 1.50 bits per heavy atom. The summed E-state index contributed by atoms with van der Waals surface area (Å²) in [5.41, 5.74) is -5.14. The predicted octanol–water partition coefficient (Wildman–Crippen LogP) is 1.64. The summed E-state index contributed by atoms with van der Waals surface area (Å²) in [6.45, 7) is 0.921. The minimum Gasteiger partial charge on any atom is -0.507 e. The molecule has 0 fully saturated rings. The maximum Gasteiger partial charge on any atom is 0.198 e. The van der Waals surface area contributed by atoms with Crippen molar-refractivity contribution < 1.29 is 39.2 Å². The molecule has 2 aliphatic rings. The largest absolute Gasteiger partial charge is 0.507 e. The van der Waals surface area contributed by atoms with E-state index in [1.807, 2.05) is 0 Å². The first-order valence-corrected chi connectivity index (χ1v) is 8.46.